The summed E-state index contributed by atoms with van der Waals surface area (Å²) in [5.41, 5.74) is 1.83. The minimum atomic E-state index is -2.03. The number of anilines is 1. The Hall–Kier alpha value is -1.39. The highest BCUT2D eigenvalue weighted by molar-refractivity contribution is 7.80. The lowest BCUT2D eigenvalue weighted by Gasteiger charge is -2.07. The van der Waals surface area contributed by atoms with E-state index in [9.17, 15) is 4.21 Å². The topological polar surface area (TPSA) is 49.3 Å². The van der Waals surface area contributed by atoms with Crippen molar-refractivity contribution < 1.29 is 8.76 Å². The van der Waals surface area contributed by atoms with Gasteiger partial charge in [0.05, 0.1) is 5.69 Å². The molecule has 0 aliphatic heterocycles. The summed E-state index contributed by atoms with van der Waals surface area (Å²) in [5.74, 6) is 0. The summed E-state index contributed by atoms with van der Waals surface area (Å²) in [7, 11) is 0. The zero-order chi connectivity index (χ0) is 10.8. The maximum atomic E-state index is 10.7. The SMILES string of the molecule is Cc1cccc2c(NS(=O)O)cccc12. The molecule has 0 aliphatic carbocycles. The zero-order valence-electron chi connectivity index (χ0n) is 8.23. The quantitative estimate of drug-likeness (QED) is 0.766. The number of rotatable bonds is 2. The van der Waals surface area contributed by atoms with Gasteiger partial charge in [-0.15, -0.1) is 0 Å². The Labute approximate surface area is 90.5 Å². The van der Waals surface area contributed by atoms with Crippen molar-refractivity contribution in [1.82, 2.24) is 0 Å². The summed E-state index contributed by atoms with van der Waals surface area (Å²) in [4.78, 5) is 0. The molecule has 1 atom stereocenters. The van der Waals surface area contributed by atoms with Crippen LogP contribution in [0.4, 0.5) is 5.69 Å². The van der Waals surface area contributed by atoms with E-state index < -0.39 is 11.3 Å². The van der Waals surface area contributed by atoms with Gasteiger partial charge in [0, 0.05) is 5.39 Å². The third kappa shape index (κ3) is 2.00. The fourth-order valence-corrected chi connectivity index (χ4v) is 2.02. The normalized spacial score (nSPS) is 12.7. The van der Waals surface area contributed by atoms with E-state index in [4.69, 9.17) is 4.55 Å². The van der Waals surface area contributed by atoms with Gasteiger partial charge < -0.3 is 0 Å². The highest BCUT2D eigenvalue weighted by Gasteiger charge is 2.03. The lowest BCUT2D eigenvalue weighted by atomic mass is 10.0. The second-order valence-electron chi connectivity index (χ2n) is 3.33. The van der Waals surface area contributed by atoms with E-state index in [-0.39, 0.29) is 0 Å². The van der Waals surface area contributed by atoms with Crippen LogP contribution >= 0.6 is 0 Å². The van der Waals surface area contributed by atoms with Crippen molar-refractivity contribution in [2.24, 2.45) is 0 Å². The van der Waals surface area contributed by atoms with Crippen LogP contribution in [0.3, 0.4) is 0 Å². The first-order chi connectivity index (χ1) is 7.18. The molecule has 4 heteroatoms. The molecule has 0 heterocycles. The van der Waals surface area contributed by atoms with Gasteiger partial charge in [-0.25, -0.2) is 4.21 Å². The van der Waals surface area contributed by atoms with Crippen LogP contribution in [-0.4, -0.2) is 8.76 Å². The van der Waals surface area contributed by atoms with Crippen molar-refractivity contribution >= 4 is 27.7 Å². The fraction of sp³-hybridized carbons (Fsp3) is 0.0909. The first kappa shape index (κ1) is 10.1. The van der Waals surface area contributed by atoms with Crippen molar-refractivity contribution in [1.29, 1.82) is 0 Å². The maximum absolute atomic E-state index is 10.7. The van der Waals surface area contributed by atoms with Crippen molar-refractivity contribution in [3.05, 3.63) is 42.0 Å². The Morgan fingerprint density at radius 3 is 2.53 bits per heavy atom. The molecule has 0 fully saturated rings. The lowest BCUT2D eigenvalue weighted by Crippen LogP contribution is -2.02. The molecule has 0 aromatic heterocycles. The smallest absolute Gasteiger partial charge is 0.259 e. The molecule has 0 saturated heterocycles. The van der Waals surface area contributed by atoms with E-state index in [1.165, 1.54) is 0 Å². The van der Waals surface area contributed by atoms with E-state index in [0.29, 0.717) is 5.69 Å². The van der Waals surface area contributed by atoms with Gasteiger partial charge >= 0.3 is 0 Å². The molecule has 2 aromatic carbocycles. The molecule has 0 bridgehead atoms. The zero-order valence-corrected chi connectivity index (χ0v) is 9.04. The van der Waals surface area contributed by atoms with Gasteiger partial charge in [0.1, 0.15) is 0 Å². The van der Waals surface area contributed by atoms with E-state index in [1.54, 1.807) is 6.07 Å². The Morgan fingerprint density at radius 1 is 1.13 bits per heavy atom. The molecule has 0 saturated carbocycles. The van der Waals surface area contributed by atoms with Crippen molar-refractivity contribution in [2.45, 2.75) is 6.92 Å². The number of hydrogen-bond donors (Lipinski definition) is 2. The van der Waals surface area contributed by atoms with Crippen LogP contribution in [0.25, 0.3) is 10.8 Å². The van der Waals surface area contributed by atoms with Crippen LogP contribution in [0.15, 0.2) is 36.4 Å². The number of aryl methyl sites for hydroxylation is 1. The first-order valence-corrected chi connectivity index (χ1v) is 5.65. The molecule has 78 valence electrons. The average Bonchev–Trinajstić information content (AvgIpc) is 2.19. The molecule has 0 amide bonds. The van der Waals surface area contributed by atoms with Gasteiger partial charge in [-0.2, -0.15) is 0 Å². The number of nitrogens with one attached hydrogen (secondary N) is 1. The number of benzene rings is 2. The molecule has 15 heavy (non-hydrogen) atoms. The Morgan fingerprint density at radius 2 is 1.80 bits per heavy atom. The Balaban J connectivity index is 2.65. The first-order valence-electron chi connectivity index (χ1n) is 4.54. The van der Waals surface area contributed by atoms with Gasteiger partial charge in [0.2, 0.25) is 0 Å². The lowest BCUT2D eigenvalue weighted by molar-refractivity contribution is 0.570. The van der Waals surface area contributed by atoms with Crippen molar-refractivity contribution in [3.63, 3.8) is 0 Å². The van der Waals surface area contributed by atoms with Gasteiger partial charge in [0.15, 0.2) is 0 Å². The predicted molar refractivity (Wildman–Crippen MR) is 63.1 cm³/mol. The summed E-state index contributed by atoms with van der Waals surface area (Å²) in [5, 5.41) is 2.05. The average molecular weight is 221 g/mol. The second kappa shape index (κ2) is 4.00. The standard InChI is InChI=1S/C11H11NO2S/c1-8-4-2-6-10-9(8)5-3-7-11(10)12-15(13)14/h2-7,12H,1H3,(H,13,14). The minimum Gasteiger partial charge on any atom is -0.289 e. The molecule has 0 radical (unpaired) electrons. The summed E-state index contributed by atoms with van der Waals surface area (Å²) < 4.78 is 22.0. The predicted octanol–water partition coefficient (Wildman–Crippen LogP) is 2.70. The Kier molecular flexibility index (Phi) is 2.70. The summed E-state index contributed by atoms with van der Waals surface area (Å²) in [6.45, 7) is 2.02. The maximum Gasteiger partial charge on any atom is 0.259 e. The van der Waals surface area contributed by atoms with Crippen molar-refractivity contribution in [3.8, 4) is 0 Å². The largest absolute Gasteiger partial charge is 0.289 e. The molecule has 0 aliphatic rings. The molecule has 1 unspecified atom stereocenters. The number of hydrogen-bond acceptors (Lipinski definition) is 1. The highest BCUT2D eigenvalue weighted by atomic mass is 32.2. The molecule has 2 rings (SSSR count). The van der Waals surface area contributed by atoms with Crippen molar-refractivity contribution in [2.75, 3.05) is 4.72 Å². The number of fused-ring (bicyclic) bond motifs is 1. The van der Waals surface area contributed by atoms with Gasteiger partial charge in [-0.3, -0.25) is 9.27 Å². The Bertz CT molecular complexity index is 525. The highest BCUT2D eigenvalue weighted by Crippen LogP contribution is 2.25. The molecule has 3 nitrogen and oxygen atoms in total. The molecule has 2 aromatic rings. The molecule has 0 spiro atoms. The molecule has 2 N–H and O–H groups in total. The molecular weight excluding hydrogens is 210 g/mol. The van der Waals surface area contributed by atoms with Crippen LogP contribution in [-0.2, 0) is 11.3 Å². The van der Waals surface area contributed by atoms with Crippen LogP contribution in [0, 0.1) is 6.92 Å². The third-order valence-electron chi connectivity index (χ3n) is 2.34. The van der Waals surface area contributed by atoms with Crippen LogP contribution < -0.4 is 4.72 Å². The van der Waals surface area contributed by atoms with Crippen LogP contribution in [0.1, 0.15) is 5.56 Å². The van der Waals surface area contributed by atoms with Crippen LogP contribution in [0.5, 0.6) is 0 Å². The summed E-state index contributed by atoms with van der Waals surface area (Å²) in [6.07, 6.45) is 0. The van der Waals surface area contributed by atoms with Crippen LogP contribution in [0.2, 0.25) is 0 Å². The van der Waals surface area contributed by atoms with E-state index in [0.717, 1.165) is 16.3 Å². The second-order valence-corrected chi connectivity index (χ2v) is 4.03. The summed E-state index contributed by atoms with van der Waals surface area (Å²) >= 11 is -2.03. The fourth-order valence-electron chi connectivity index (χ4n) is 1.65. The van der Waals surface area contributed by atoms with E-state index in [2.05, 4.69) is 4.72 Å². The van der Waals surface area contributed by atoms with Gasteiger partial charge in [-0.1, -0.05) is 30.3 Å². The third-order valence-corrected chi connectivity index (χ3v) is 2.73. The monoisotopic (exact) mass is 221 g/mol. The van der Waals surface area contributed by atoms with E-state index in [1.807, 2.05) is 37.3 Å². The van der Waals surface area contributed by atoms with Gasteiger partial charge in [0.25, 0.3) is 11.3 Å². The van der Waals surface area contributed by atoms with Gasteiger partial charge in [-0.05, 0) is 23.9 Å². The van der Waals surface area contributed by atoms with E-state index >= 15 is 0 Å². The minimum absolute atomic E-state index is 0.678. The molecular formula is C11H11NO2S. The summed E-state index contributed by atoms with van der Waals surface area (Å²) in [6, 6.07) is 11.5.